The lowest BCUT2D eigenvalue weighted by Crippen LogP contribution is -2.25. The average Bonchev–Trinajstić information content (AvgIpc) is 2.35. The van der Waals surface area contributed by atoms with Gasteiger partial charge >= 0.3 is 0 Å². The number of rotatable bonds is 2. The highest BCUT2D eigenvalue weighted by Crippen LogP contribution is 2.25. The summed E-state index contributed by atoms with van der Waals surface area (Å²) in [4.78, 5) is 4.22. The first-order valence-corrected chi connectivity index (χ1v) is 8.31. The molecule has 0 aliphatic carbocycles. The Morgan fingerprint density at radius 1 is 1.33 bits per heavy atom. The third-order valence-corrected chi connectivity index (χ3v) is 4.61. The molecule has 0 saturated carbocycles. The molecule has 1 aromatic heterocycles. The molecule has 0 fully saturated rings. The van der Waals surface area contributed by atoms with Crippen LogP contribution in [0.3, 0.4) is 0 Å². The van der Waals surface area contributed by atoms with Crippen molar-refractivity contribution in [1.29, 1.82) is 0 Å². The lowest BCUT2D eigenvalue weighted by molar-refractivity contribution is 0.562. The molecule has 1 atom stereocenters. The van der Waals surface area contributed by atoms with Gasteiger partial charge in [-0.15, -0.1) is 0 Å². The minimum Gasteiger partial charge on any atom is -0.591 e. The van der Waals surface area contributed by atoms with Gasteiger partial charge in [0.2, 0.25) is 0 Å². The van der Waals surface area contributed by atoms with Crippen molar-refractivity contribution >= 4 is 44.4 Å². The number of fused-ring (bicyclic) bond motifs is 1. The zero-order valence-electron chi connectivity index (χ0n) is 12.3. The highest BCUT2D eigenvalue weighted by atomic mass is 79.9. The number of benzene rings is 1. The van der Waals surface area contributed by atoms with Gasteiger partial charge in [-0.25, -0.2) is 4.39 Å². The molecule has 21 heavy (non-hydrogen) atoms. The van der Waals surface area contributed by atoms with Crippen LogP contribution >= 0.6 is 15.9 Å². The van der Waals surface area contributed by atoms with Crippen LogP contribution in [0.4, 0.5) is 4.39 Å². The average molecular weight is 371 g/mol. The Morgan fingerprint density at radius 2 is 2.00 bits per heavy atom. The third-order valence-electron chi connectivity index (χ3n) is 2.80. The quantitative estimate of drug-likeness (QED) is 0.583. The molecule has 0 amide bonds. The second-order valence-corrected chi connectivity index (χ2v) is 8.58. The number of pyridine rings is 1. The topological polar surface area (TPSA) is 48.3 Å². The number of hydrogen-bond donors (Lipinski definition) is 0. The van der Waals surface area contributed by atoms with Crippen molar-refractivity contribution in [2.45, 2.75) is 32.4 Å². The summed E-state index contributed by atoms with van der Waals surface area (Å²) in [6, 6.07) is 4.97. The van der Waals surface area contributed by atoms with E-state index in [4.69, 9.17) is 0 Å². The summed E-state index contributed by atoms with van der Waals surface area (Å²) in [7, 11) is 0. The van der Waals surface area contributed by atoms with Crippen molar-refractivity contribution in [3.8, 4) is 0 Å². The molecule has 0 spiro atoms. The smallest absolute Gasteiger partial charge is 0.150 e. The molecule has 2 aromatic rings. The molecule has 1 unspecified atom stereocenters. The highest BCUT2D eigenvalue weighted by molar-refractivity contribution is 9.10. The molecular formula is C15H16BrFN2OS. The Morgan fingerprint density at radius 3 is 2.62 bits per heavy atom. The molecule has 112 valence electrons. The molecule has 0 radical (unpaired) electrons. The van der Waals surface area contributed by atoms with Gasteiger partial charge in [0, 0.05) is 21.1 Å². The first-order chi connectivity index (χ1) is 9.68. The van der Waals surface area contributed by atoms with E-state index in [1.54, 1.807) is 19.1 Å². The van der Waals surface area contributed by atoms with E-state index in [0.717, 1.165) is 0 Å². The van der Waals surface area contributed by atoms with Gasteiger partial charge in [-0.05, 0) is 45.9 Å². The van der Waals surface area contributed by atoms with Gasteiger partial charge < -0.3 is 4.55 Å². The molecule has 2 rings (SSSR count). The fourth-order valence-electron chi connectivity index (χ4n) is 1.78. The van der Waals surface area contributed by atoms with E-state index in [-0.39, 0.29) is 0 Å². The maximum atomic E-state index is 14.0. The van der Waals surface area contributed by atoms with Gasteiger partial charge in [0.15, 0.2) is 5.82 Å². The van der Waals surface area contributed by atoms with Crippen molar-refractivity contribution in [2.75, 3.05) is 0 Å². The van der Waals surface area contributed by atoms with Crippen LogP contribution in [-0.4, -0.2) is 20.5 Å². The van der Waals surface area contributed by atoms with Gasteiger partial charge in [0.1, 0.15) is 21.6 Å². The summed E-state index contributed by atoms with van der Waals surface area (Å²) in [5.41, 5.74) is 1.68. The van der Waals surface area contributed by atoms with Crippen molar-refractivity contribution < 1.29 is 8.94 Å². The van der Waals surface area contributed by atoms with Crippen LogP contribution < -0.4 is 0 Å². The second-order valence-electron chi connectivity index (χ2n) is 5.73. The van der Waals surface area contributed by atoms with Crippen LogP contribution in [0.15, 0.2) is 27.1 Å². The standard InChI is InChI=1S/C15H16BrFN2OS/c1-9-5-10(8-18-21(20)15(2,3)4)12-6-11(16)7-13(17)14(12)19-9/h5-8H,1-4H3/b18-8-. The molecule has 0 N–H and O–H groups in total. The first-order valence-electron chi connectivity index (χ1n) is 6.41. The molecule has 0 aliphatic heterocycles. The molecular weight excluding hydrogens is 355 g/mol. The number of aryl methyl sites for hydroxylation is 1. The van der Waals surface area contributed by atoms with Crippen molar-refractivity contribution in [2.24, 2.45) is 4.40 Å². The van der Waals surface area contributed by atoms with Crippen molar-refractivity contribution in [3.63, 3.8) is 0 Å². The maximum absolute atomic E-state index is 14.0. The summed E-state index contributed by atoms with van der Waals surface area (Å²) in [6.45, 7) is 7.35. The Labute approximate surface area is 135 Å². The SMILES string of the molecule is Cc1cc(/C=N\[S+]([O-])C(C)(C)C)c2cc(Br)cc(F)c2n1. The third kappa shape index (κ3) is 3.81. The fraction of sp³-hybridized carbons (Fsp3) is 0.333. The largest absolute Gasteiger partial charge is 0.591 e. The van der Waals surface area contributed by atoms with Crippen molar-refractivity contribution in [1.82, 2.24) is 4.98 Å². The van der Waals surface area contributed by atoms with Gasteiger partial charge in [0.05, 0.1) is 6.21 Å². The Hall–Kier alpha value is -0.980. The Kier molecular flexibility index (Phi) is 4.70. The Balaban J connectivity index is 2.56. The van der Waals surface area contributed by atoms with Gasteiger partial charge in [-0.2, -0.15) is 0 Å². The summed E-state index contributed by atoms with van der Waals surface area (Å²) < 4.78 is 30.3. The summed E-state index contributed by atoms with van der Waals surface area (Å²) in [6.07, 6.45) is 1.53. The normalized spacial score (nSPS) is 14.0. The van der Waals surface area contributed by atoms with E-state index >= 15 is 0 Å². The van der Waals surface area contributed by atoms with Crippen molar-refractivity contribution in [3.05, 3.63) is 39.7 Å². The molecule has 3 nitrogen and oxygen atoms in total. The highest BCUT2D eigenvalue weighted by Gasteiger charge is 2.25. The zero-order valence-corrected chi connectivity index (χ0v) is 14.7. The monoisotopic (exact) mass is 370 g/mol. The number of nitrogens with zero attached hydrogens (tertiary/aromatic N) is 2. The molecule has 1 heterocycles. The minimum atomic E-state index is -1.35. The van der Waals surface area contributed by atoms with E-state index in [1.807, 2.05) is 20.8 Å². The number of hydrogen-bond acceptors (Lipinski definition) is 3. The van der Waals surface area contributed by atoms with E-state index in [1.165, 1.54) is 12.3 Å². The van der Waals surface area contributed by atoms with E-state index in [2.05, 4.69) is 25.3 Å². The van der Waals surface area contributed by atoms with E-state index in [0.29, 0.717) is 26.6 Å². The molecule has 0 saturated heterocycles. The Bertz CT molecular complexity index is 713. The van der Waals surface area contributed by atoms with Crippen LogP contribution in [0.5, 0.6) is 0 Å². The van der Waals surface area contributed by atoms with Crippen LogP contribution in [0.2, 0.25) is 0 Å². The lowest BCUT2D eigenvalue weighted by atomic mass is 10.1. The summed E-state index contributed by atoms with van der Waals surface area (Å²) >= 11 is 1.92. The molecule has 0 bridgehead atoms. The van der Waals surface area contributed by atoms with Gasteiger partial charge in [-0.1, -0.05) is 20.3 Å². The van der Waals surface area contributed by atoms with Crippen LogP contribution in [0, 0.1) is 12.7 Å². The van der Waals surface area contributed by atoms with Crippen LogP contribution in [-0.2, 0) is 11.4 Å². The first kappa shape index (κ1) is 16.4. The molecule has 6 heteroatoms. The van der Waals surface area contributed by atoms with Gasteiger partial charge in [0.25, 0.3) is 0 Å². The summed E-state index contributed by atoms with van der Waals surface area (Å²) in [5.74, 6) is -0.394. The molecule has 1 aromatic carbocycles. The predicted octanol–water partition coefficient (Wildman–Crippen LogP) is 4.33. The maximum Gasteiger partial charge on any atom is 0.150 e. The number of halogens is 2. The van der Waals surface area contributed by atoms with Crippen LogP contribution in [0.25, 0.3) is 10.9 Å². The summed E-state index contributed by atoms with van der Waals surface area (Å²) in [5, 5.41) is 0.641. The zero-order chi connectivity index (χ0) is 15.8. The lowest BCUT2D eigenvalue weighted by Gasteiger charge is -2.17. The van der Waals surface area contributed by atoms with E-state index < -0.39 is 21.9 Å². The predicted molar refractivity (Wildman–Crippen MR) is 89.6 cm³/mol. The van der Waals surface area contributed by atoms with Crippen LogP contribution in [0.1, 0.15) is 32.0 Å². The fourth-order valence-corrected chi connectivity index (χ4v) is 2.74. The second kappa shape index (κ2) is 6.02. The minimum absolute atomic E-state index is 0.293. The molecule has 0 aliphatic rings. The van der Waals surface area contributed by atoms with Gasteiger partial charge in [-0.3, -0.25) is 4.98 Å². The van der Waals surface area contributed by atoms with E-state index in [9.17, 15) is 8.94 Å². The number of aromatic nitrogens is 1.